The number of hydrazone groups is 1. The van der Waals surface area contributed by atoms with Gasteiger partial charge in [-0.3, -0.25) is 9.48 Å². The molecule has 172 valence electrons. The normalized spacial score (nSPS) is 11.0. The van der Waals surface area contributed by atoms with E-state index >= 15 is 0 Å². The first-order valence-electron chi connectivity index (χ1n) is 10.2. The molecule has 3 aromatic carbocycles. The Morgan fingerprint density at radius 2 is 1.59 bits per heavy atom. The molecule has 1 heterocycles. The molecular formula is C25H19Br3N4O2. The van der Waals surface area contributed by atoms with Gasteiger partial charge in [-0.1, -0.05) is 68.3 Å². The highest BCUT2D eigenvalue weighted by Gasteiger charge is 2.15. The Bertz CT molecular complexity index is 1300. The summed E-state index contributed by atoms with van der Waals surface area (Å²) in [5.74, 6) is 0.259. The smallest absolute Gasteiger partial charge is 0.293 e. The first kappa shape index (κ1) is 24.4. The van der Waals surface area contributed by atoms with Gasteiger partial charge in [-0.05, 0) is 63.5 Å². The molecule has 0 aliphatic heterocycles. The minimum atomic E-state index is -0.411. The molecule has 0 saturated carbocycles. The van der Waals surface area contributed by atoms with Crippen molar-refractivity contribution < 1.29 is 9.53 Å². The van der Waals surface area contributed by atoms with Gasteiger partial charge in [0.05, 0.1) is 17.2 Å². The number of ether oxygens (including phenoxy) is 1. The number of nitrogens with one attached hydrogen (secondary N) is 1. The van der Waals surface area contributed by atoms with E-state index in [2.05, 4.69) is 63.4 Å². The first-order chi connectivity index (χ1) is 16.5. The zero-order valence-corrected chi connectivity index (χ0v) is 22.5. The molecule has 0 spiro atoms. The molecule has 1 amide bonds. The average molecular weight is 647 g/mol. The van der Waals surface area contributed by atoms with Crippen LogP contribution in [0.1, 0.15) is 27.2 Å². The lowest BCUT2D eigenvalue weighted by Crippen LogP contribution is -2.19. The Hall–Kier alpha value is -2.75. The number of carbonyl (C=O) groups excluding carboxylic acids is 1. The molecule has 0 aliphatic carbocycles. The van der Waals surface area contributed by atoms with Gasteiger partial charge in [0.25, 0.3) is 5.91 Å². The number of para-hydroxylation sites is 1. The highest BCUT2D eigenvalue weighted by molar-refractivity contribution is 9.11. The molecule has 0 aliphatic rings. The van der Waals surface area contributed by atoms with Crippen LogP contribution in [0.25, 0.3) is 0 Å². The molecule has 9 heteroatoms. The van der Waals surface area contributed by atoms with Crippen molar-refractivity contribution in [1.82, 2.24) is 15.2 Å². The largest absolute Gasteiger partial charge is 0.488 e. The van der Waals surface area contributed by atoms with Crippen LogP contribution >= 0.6 is 47.8 Å². The number of nitrogens with zero attached hydrogens (tertiary/aromatic N) is 3. The lowest BCUT2D eigenvalue weighted by molar-refractivity contribution is 0.0948. The zero-order valence-electron chi connectivity index (χ0n) is 17.8. The topological polar surface area (TPSA) is 68.5 Å². The number of amides is 1. The average Bonchev–Trinajstić information content (AvgIpc) is 3.21. The second kappa shape index (κ2) is 11.6. The zero-order chi connectivity index (χ0) is 23.9. The van der Waals surface area contributed by atoms with Crippen molar-refractivity contribution >= 4 is 59.9 Å². The number of rotatable bonds is 8. The molecule has 4 aromatic rings. The summed E-state index contributed by atoms with van der Waals surface area (Å²) in [6, 6.07) is 23.4. The van der Waals surface area contributed by atoms with Gasteiger partial charge in [-0.2, -0.15) is 10.2 Å². The number of benzene rings is 3. The van der Waals surface area contributed by atoms with E-state index in [0.29, 0.717) is 23.4 Å². The van der Waals surface area contributed by atoms with Crippen molar-refractivity contribution in [2.45, 2.75) is 13.2 Å². The first-order valence-corrected chi connectivity index (χ1v) is 12.6. The van der Waals surface area contributed by atoms with Crippen molar-refractivity contribution in [1.29, 1.82) is 0 Å². The van der Waals surface area contributed by atoms with Gasteiger partial charge in [0.15, 0.2) is 5.69 Å². The molecule has 0 radical (unpaired) electrons. The Morgan fingerprint density at radius 1 is 0.941 bits per heavy atom. The molecule has 6 nitrogen and oxygen atoms in total. The summed E-state index contributed by atoms with van der Waals surface area (Å²) >= 11 is 10.3. The Balaban J connectivity index is 1.38. The summed E-state index contributed by atoms with van der Waals surface area (Å²) in [7, 11) is 0. The van der Waals surface area contributed by atoms with Gasteiger partial charge in [-0.25, -0.2) is 5.43 Å². The van der Waals surface area contributed by atoms with Crippen molar-refractivity contribution in [2.24, 2.45) is 5.10 Å². The van der Waals surface area contributed by atoms with Gasteiger partial charge < -0.3 is 4.74 Å². The van der Waals surface area contributed by atoms with Crippen molar-refractivity contribution in [2.75, 3.05) is 0 Å². The second-order valence-corrected chi connectivity index (χ2v) is 9.99. The Labute approximate surface area is 222 Å². The molecule has 0 atom stereocenters. The highest BCUT2D eigenvalue weighted by atomic mass is 79.9. The van der Waals surface area contributed by atoms with E-state index in [4.69, 9.17) is 4.74 Å². The van der Waals surface area contributed by atoms with E-state index < -0.39 is 5.91 Å². The predicted molar refractivity (Wildman–Crippen MR) is 143 cm³/mol. The predicted octanol–water partition coefficient (Wildman–Crippen LogP) is 6.56. The van der Waals surface area contributed by atoms with Crippen molar-refractivity contribution in [3.8, 4) is 5.75 Å². The maximum atomic E-state index is 12.6. The molecule has 0 bridgehead atoms. The third-order valence-electron chi connectivity index (χ3n) is 4.79. The number of carbonyl (C=O) groups is 1. The number of aromatic nitrogens is 2. The minimum absolute atomic E-state index is 0.258. The summed E-state index contributed by atoms with van der Waals surface area (Å²) < 4.78 is 10.3. The molecule has 1 aromatic heterocycles. The van der Waals surface area contributed by atoms with Crippen molar-refractivity contribution in [3.63, 3.8) is 0 Å². The maximum absolute atomic E-state index is 12.6. The van der Waals surface area contributed by atoms with E-state index in [1.165, 1.54) is 0 Å². The summed E-state index contributed by atoms with van der Waals surface area (Å²) in [6.45, 7) is 0.971. The number of hydrogen-bond donors (Lipinski definition) is 1. The van der Waals surface area contributed by atoms with Crippen LogP contribution in [0.3, 0.4) is 0 Å². The fraction of sp³-hybridized carbons (Fsp3) is 0.0800. The number of hydrogen-bond acceptors (Lipinski definition) is 4. The summed E-state index contributed by atoms with van der Waals surface area (Å²) in [5.41, 5.74) is 5.67. The SMILES string of the molecule is O=C(NN=Cc1ccccc1OCc1ccc(Br)cc1)c1nn(Cc2ccc(Br)cc2)cc1Br. The monoisotopic (exact) mass is 644 g/mol. The van der Waals surface area contributed by atoms with Crippen LogP contribution in [0.5, 0.6) is 5.75 Å². The molecule has 4 rings (SSSR count). The van der Waals surface area contributed by atoms with Crippen LogP contribution in [0.4, 0.5) is 0 Å². The van der Waals surface area contributed by atoms with Gasteiger partial charge >= 0.3 is 0 Å². The third kappa shape index (κ3) is 6.65. The van der Waals surface area contributed by atoms with Crippen molar-refractivity contribution in [3.05, 3.63) is 115 Å². The lowest BCUT2D eigenvalue weighted by Gasteiger charge is -2.09. The van der Waals surface area contributed by atoms with Crippen LogP contribution in [0.15, 0.2) is 97.5 Å². The molecule has 0 saturated heterocycles. The lowest BCUT2D eigenvalue weighted by atomic mass is 10.2. The van der Waals surface area contributed by atoms with E-state index in [-0.39, 0.29) is 5.69 Å². The molecular weight excluding hydrogens is 628 g/mol. The number of halogens is 3. The molecule has 1 N–H and O–H groups in total. The fourth-order valence-electron chi connectivity index (χ4n) is 3.08. The van der Waals surface area contributed by atoms with E-state index in [0.717, 1.165) is 25.6 Å². The Kier molecular flexibility index (Phi) is 8.31. The standard InChI is InChI=1S/C25H19Br3N4O2/c26-20-9-5-17(6-10-20)14-32-15-22(28)24(31-32)25(33)30-29-13-19-3-1-2-4-23(19)34-16-18-7-11-21(27)12-8-18/h1-13,15H,14,16H2,(H,30,33). The van der Waals surface area contributed by atoms with Crippen LogP contribution in [0.2, 0.25) is 0 Å². The van der Waals surface area contributed by atoms with Crippen LogP contribution in [-0.4, -0.2) is 21.9 Å². The van der Waals surface area contributed by atoms with Crippen LogP contribution in [0, 0.1) is 0 Å². The minimum Gasteiger partial charge on any atom is -0.488 e. The third-order valence-corrected chi connectivity index (χ3v) is 6.42. The quantitative estimate of drug-likeness (QED) is 0.174. The highest BCUT2D eigenvalue weighted by Crippen LogP contribution is 2.19. The summed E-state index contributed by atoms with van der Waals surface area (Å²) in [4.78, 5) is 12.6. The van der Waals surface area contributed by atoms with Gasteiger partial charge in [0, 0.05) is 20.7 Å². The van der Waals surface area contributed by atoms with Gasteiger partial charge in [0.2, 0.25) is 0 Å². The van der Waals surface area contributed by atoms with E-state index in [9.17, 15) is 4.79 Å². The maximum Gasteiger partial charge on any atom is 0.293 e. The molecule has 0 fully saturated rings. The van der Waals surface area contributed by atoms with Crippen LogP contribution in [-0.2, 0) is 13.2 Å². The van der Waals surface area contributed by atoms with Gasteiger partial charge in [0.1, 0.15) is 12.4 Å². The summed E-state index contributed by atoms with van der Waals surface area (Å²) in [6.07, 6.45) is 3.33. The Morgan fingerprint density at radius 3 is 2.29 bits per heavy atom. The molecule has 0 unspecified atom stereocenters. The van der Waals surface area contributed by atoms with E-state index in [1.807, 2.05) is 72.8 Å². The second-order valence-electron chi connectivity index (χ2n) is 7.30. The summed E-state index contributed by atoms with van der Waals surface area (Å²) in [5, 5.41) is 8.49. The molecule has 34 heavy (non-hydrogen) atoms. The van der Waals surface area contributed by atoms with Gasteiger partial charge in [-0.15, -0.1) is 0 Å². The fourth-order valence-corrected chi connectivity index (χ4v) is 4.11. The van der Waals surface area contributed by atoms with E-state index in [1.54, 1.807) is 17.1 Å². The van der Waals surface area contributed by atoms with Crippen LogP contribution < -0.4 is 10.2 Å².